The van der Waals surface area contributed by atoms with Crippen molar-refractivity contribution in [1.29, 1.82) is 0 Å². The summed E-state index contributed by atoms with van der Waals surface area (Å²) in [5.74, 6) is 0.0264. The van der Waals surface area contributed by atoms with Crippen LogP contribution in [0.2, 0.25) is 0 Å². The van der Waals surface area contributed by atoms with E-state index in [-0.39, 0.29) is 12.1 Å². The van der Waals surface area contributed by atoms with Gasteiger partial charge in [-0.3, -0.25) is 19.9 Å². The number of thioether (sulfide) groups is 1. The summed E-state index contributed by atoms with van der Waals surface area (Å²) in [7, 11) is 0. The molecule has 0 bridgehead atoms. The topological polar surface area (TPSA) is 109 Å². The van der Waals surface area contributed by atoms with Crippen molar-refractivity contribution in [2.24, 2.45) is 0 Å². The average molecular weight is 561 g/mol. The number of rotatable bonds is 7. The highest BCUT2D eigenvalue weighted by Gasteiger charge is 2.33. The normalized spacial score (nSPS) is 21.1. The van der Waals surface area contributed by atoms with Crippen molar-refractivity contribution >= 4 is 46.3 Å². The van der Waals surface area contributed by atoms with Gasteiger partial charge in [-0.2, -0.15) is 13.2 Å². The molecule has 1 saturated heterocycles. The predicted octanol–water partition coefficient (Wildman–Crippen LogP) is 5.46. The lowest BCUT2D eigenvalue weighted by Crippen LogP contribution is -2.37. The third-order valence-electron chi connectivity index (χ3n) is 6.25. The number of aromatic nitrogens is 3. The van der Waals surface area contributed by atoms with Crippen molar-refractivity contribution in [3.63, 3.8) is 0 Å². The fraction of sp³-hybridized carbons (Fsp3) is 0.320. The van der Waals surface area contributed by atoms with E-state index < -0.39 is 22.2 Å². The van der Waals surface area contributed by atoms with E-state index in [9.17, 15) is 22.8 Å². The van der Waals surface area contributed by atoms with Gasteiger partial charge in [0, 0.05) is 31.0 Å². The quantitative estimate of drug-likeness (QED) is 0.327. The van der Waals surface area contributed by atoms with E-state index in [4.69, 9.17) is 0 Å². The molecular weight excluding hydrogens is 537 g/mol. The first kappa shape index (κ1) is 26.3. The van der Waals surface area contributed by atoms with Gasteiger partial charge < -0.3 is 10.6 Å². The Kier molecular flexibility index (Phi) is 7.77. The minimum absolute atomic E-state index is 0.183. The van der Waals surface area contributed by atoms with E-state index in [1.807, 2.05) is 6.07 Å². The summed E-state index contributed by atoms with van der Waals surface area (Å²) in [5, 5.41) is 8.70. The molecule has 0 aromatic carbocycles. The minimum Gasteiger partial charge on any atom is -0.351 e. The van der Waals surface area contributed by atoms with E-state index in [1.54, 1.807) is 30.6 Å². The second kappa shape index (κ2) is 11.2. The molecule has 2 amide bonds. The zero-order chi connectivity index (χ0) is 26.7. The fourth-order valence-corrected chi connectivity index (χ4v) is 5.95. The van der Waals surface area contributed by atoms with Crippen LogP contribution in [-0.2, 0) is 17.5 Å². The highest BCUT2D eigenvalue weighted by molar-refractivity contribution is 8.18. The lowest BCUT2D eigenvalue weighted by atomic mass is 9.91. The van der Waals surface area contributed by atoms with Gasteiger partial charge in [-0.05, 0) is 73.4 Å². The maximum atomic E-state index is 13.0. The molecule has 0 spiro atoms. The molecule has 3 N–H and O–H groups in total. The first-order valence-electron chi connectivity index (χ1n) is 11.9. The van der Waals surface area contributed by atoms with Gasteiger partial charge in [0.1, 0.15) is 4.88 Å². The van der Waals surface area contributed by atoms with E-state index >= 15 is 0 Å². The van der Waals surface area contributed by atoms with Crippen LogP contribution in [-0.4, -0.2) is 38.2 Å². The largest absolute Gasteiger partial charge is 0.425 e. The molecule has 0 unspecified atom stereocenters. The number of thiophene rings is 1. The van der Waals surface area contributed by atoms with Crippen molar-refractivity contribution in [3.8, 4) is 10.6 Å². The maximum absolute atomic E-state index is 13.0. The van der Waals surface area contributed by atoms with Crippen LogP contribution in [0.3, 0.4) is 0 Å². The summed E-state index contributed by atoms with van der Waals surface area (Å²) in [5.41, 5.74) is 1.96. The molecule has 5 rings (SSSR count). The summed E-state index contributed by atoms with van der Waals surface area (Å²) in [6, 6.07) is 8.37. The minimum atomic E-state index is -4.36. The number of imide groups is 1. The van der Waals surface area contributed by atoms with Crippen LogP contribution in [0, 0.1) is 0 Å². The van der Waals surface area contributed by atoms with Gasteiger partial charge in [0.2, 0.25) is 5.95 Å². The third kappa shape index (κ3) is 6.40. The fourth-order valence-electron chi connectivity index (χ4n) is 4.38. The predicted molar refractivity (Wildman–Crippen MR) is 140 cm³/mol. The molecule has 1 saturated carbocycles. The molecule has 0 atom stereocenters. The monoisotopic (exact) mass is 560 g/mol. The number of halogens is 3. The Balaban J connectivity index is 1.14. The molecule has 2 fully saturated rings. The summed E-state index contributed by atoms with van der Waals surface area (Å²) in [6.07, 6.45) is 3.99. The molecule has 0 radical (unpaired) electrons. The van der Waals surface area contributed by atoms with E-state index in [0.717, 1.165) is 49.1 Å². The average Bonchev–Trinajstić information content (AvgIpc) is 3.51. The Labute approximate surface area is 224 Å². The van der Waals surface area contributed by atoms with Crippen LogP contribution in [0.25, 0.3) is 16.6 Å². The number of carbonyl (C=O) groups is 2. The number of hydrogen-bond donors (Lipinski definition) is 3. The Morgan fingerprint density at radius 3 is 2.53 bits per heavy atom. The van der Waals surface area contributed by atoms with Crippen LogP contribution in [0.1, 0.15) is 41.8 Å². The molecule has 8 nitrogen and oxygen atoms in total. The van der Waals surface area contributed by atoms with Crippen LogP contribution < -0.4 is 16.0 Å². The second-order valence-electron chi connectivity index (χ2n) is 8.90. The Bertz CT molecular complexity index is 1370. The number of nitrogens with one attached hydrogen (secondary N) is 3. The number of nitrogens with zero attached hydrogens (tertiary/aromatic N) is 3. The van der Waals surface area contributed by atoms with E-state index in [2.05, 4.69) is 30.9 Å². The zero-order valence-electron chi connectivity index (χ0n) is 19.9. The van der Waals surface area contributed by atoms with Gasteiger partial charge in [0.25, 0.3) is 11.1 Å². The Morgan fingerprint density at radius 2 is 1.82 bits per heavy atom. The molecular formula is C25H23F3N6O2S2. The lowest BCUT2D eigenvalue weighted by molar-refractivity contribution is -0.134. The second-order valence-corrected chi connectivity index (χ2v) is 11.0. The molecule has 1 aliphatic heterocycles. The summed E-state index contributed by atoms with van der Waals surface area (Å²) in [6.45, 7) is 0.513. The van der Waals surface area contributed by atoms with Crippen LogP contribution in [0.15, 0.2) is 47.6 Å². The van der Waals surface area contributed by atoms with Gasteiger partial charge in [0.05, 0.1) is 21.2 Å². The van der Waals surface area contributed by atoms with Crippen molar-refractivity contribution in [2.75, 3.05) is 5.32 Å². The number of hydrogen-bond acceptors (Lipinski definition) is 9. The molecule has 3 aromatic rings. The van der Waals surface area contributed by atoms with Gasteiger partial charge in [-0.25, -0.2) is 9.97 Å². The molecule has 38 heavy (non-hydrogen) atoms. The van der Waals surface area contributed by atoms with Crippen molar-refractivity contribution in [2.45, 2.75) is 50.5 Å². The van der Waals surface area contributed by atoms with Crippen molar-refractivity contribution < 1.29 is 22.8 Å². The third-order valence-corrected chi connectivity index (χ3v) is 8.20. The molecule has 4 heterocycles. The lowest BCUT2D eigenvalue weighted by Gasteiger charge is -2.30. The molecule has 13 heteroatoms. The maximum Gasteiger partial charge on any atom is 0.425 e. The van der Waals surface area contributed by atoms with E-state index in [0.29, 0.717) is 45.0 Å². The number of amides is 2. The molecule has 2 aliphatic rings. The highest BCUT2D eigenvalue weighted by Crippen LogP contribution is 2.38. The molecule has 3 aromatic heterocycles. The van der Waals surface area contributed by atoms with Crippen molar-refractivity contribution in [1.82, 2.24) is 25.6 Å². The SMILES string of the molecule is O=C1NC(=O)C(=Cc2ccnc(N[C@H]3CC[C@H](NCc4cccnc4-c4ccc(C(F)(F)F)s4)CC3)n2)S1. The summed E-state index contributed by atoms with van der Waals surface area (Å²) in [4.78, 5) is 36.3. The number of carbonyl (C=O) groups excluding carboxylic acids is 2. The summed E-state index contributed by atoms with van der Waals surface area (Å²) >= 11 is 1.54. The van der Waals surface area contributed by atoms with Crippen LogP contribution >= 0.6 is 23.1 Å². The van der Waals surface area contributed by atoms with Crippen molar-refractivity contribution in [3.05, 3.63) is 63.8 Å². The molecule has 1 aliphatic carbocycles. The van der Waals surface area contributed by atoms with Gasteiger partial charge >= 0.3 is 6.18 Å². The Morgan fingerprint density at radius 1 is 1.03 bits per heavy atom. The number of alkyl halides is 3. The first-order chi connectivity index (χ1) is 18.2. The van der Waals surface area contributed by atoms with Gasteiger partial charge in [-0.1, -0.05) is 6.07 Å². The smallest absolute Gasteiger partial charge is 0.351 e. The summed E-state index contributed by atoms with van der Waals surface area (Å²) < 4.78 is 39.1. The number of pyridine rings is 1. The van der Waals surface area contributed by atoms with E-state index in [1.165, 1.54) is 6.07 Å². The Hall–Kier alpha value is -3.29. The zero-order valence-corrected chi connectivity index (χ0v) is 21.6. The molecule has 198 valence electrons. The van der Waals surface area contributed by atoms with Gasteiger partial charge in [0.15, 0.2) is 0 Å². The van der Waals surface area contributed by atoms with Gasteiger partial charge in [-0.15, -0.1) is 11.3 Å². The highest BCUT2D eigenvalue weighted by atomic mass is 32.2. The standard InChI is InChI=1S/C25H23F3N6O2S2/c26-25(27,28)20-8-7-18(37-20)21-14(2-1-10-29-21)13-31-15-3-5-16(6-4-15)32-23-30-11-9-17(33-23)12-19-22(35)34-24(36)38-19/h1-2,7-12,15-16,31H,3-6,13H2,(H,30,32,33)(H,34,35,36)/t15-,16-. The van der Waals surface area contributed by atoms with Crippen LogP contribution in [0.4, 0.5) is 23.9 Å². The first-order valence-corrected chi connectivity index (χ1v) is 13.6. The van der Waals surface area contributed by atoms with Crippen LogP contribution in [0.5, 0.6) is 0 Å². The number of anilines is 1.